The number of aromatic nitrogens is 5. The van der Waals surface area contributed by atoms with Gasteiger partial charge in [0, 0.05) is 28.6 Å². The van der Waals surface area contributed by atoms with Gasteiger partial charge in [0.1, 0.15) is 17.9 Å². The van der Waals surface area contributed by atoms with Crippen molar-refractivity contribution in [1.82, 2.24) is 24.4 Å². The van der Waals surface area contributed by atoms with E-state index >= 15 is 0 Å². The first-order chi connectivity index (χ1) is 15.3. The van der Waals surface area contributed by atoms with Gasteiger partial charge in [-0.3, -0.25) is 9.08 Å². The molecule has 1 N–H and O–H groups in total. The normalized spacial score (nSPS) is 11.9. The largest absolute Gasteiger partial charge is 0.496 e. The molecule has 0 saturated carbocycles. The van der Waals surface area contributed by atoms with Crippen molar-refractivity contribution in [3.8, 4) is 16.9 Å². The fourth-order valence-electron chi connectivity index (χ4n) is 3.65. The summed E-state index contributed by atoms with van der Waals surface area (Å²) in [6.07, 6.45) is -1.37. The third-order valence-electron chi connectivity index (χ3n) is 5.12. The fourth-order valence-corrected chi connectivity index (χ4v) is 3.65. The molecule has 11 heteroatoms. The molecule has 0 radical (unpaired) electrons. The van der Waals surface area contributed by atoms with Crippen LogP contribution < -0.4 is 4.74 Å². The Morgan fingerprint density at radius 2 is 1.91 bits per heavy atom. The molecule has 1 aromatic carbocycles. The van der Waals surface area contributed by atoms with E-state index in [9.17, 15) is 17.6 Å². The van der Waals surface area contributed by atoms with Gasteiger partial charge in [-0.25, -0.2) is 4.39 Å². The molecule has 4 rings (SSSR count). The highest BCUT2D eigenvalue weighted by atomic mass is 19.4. The highest BCUT2D eigenvalue weighted by Crippen LogP contribution is 2.37. The Hall–Kier alpha value is -3.47. The number of hydrogen-bond acceptors (Lipinski definition) is 5. The van der Waals surface area contributed by atoms with Crippen LogP contribution in [0.3, 0.4) is 0 Å². The highest BCUT2D eigenvalue weighted by molar-refractivity contribution is 5.79. The molecule has 168 valence electrons. The number of nitrogens with zero attached hydrogens (tertiary/aromatic N) is 5. The monoisotopic (exact) mass is 449 g/mol. The Balaban J connectivity index is 1.73. The first-order valence-corrected chi connectivity index (χ1v) is 9.72. The number of alkyl halides is 3. The van der Waals surface area contributed by atoms with Gasteiger partial charge >= 0.3 is 6.18 Å². The molecule has 7 nitrogen and oxygen atoms in total. The summed E-state index contributed by atoms with van der Waals surface area (Å²) in [6, 6.07) is 7.74. The maximum atomic E-state index is 14.3. The van der Waals surface area contributed by atoms with Crippen LogP contribution in [0, 0.1) is 5.82 Å². The number of methoxy groups -OCH3 is 1. The van der Waals surface area contributed by atoms with E-state index in [2.05, 4.69) is 15.3 Å². The van der Waals surface area contributed by atoms with E-state index < -0.39 is 17.7 Å². The van der Waals surface area contributed by atoms with E-state index in [1.165, 1.54) is 31.8 Å². The number of hydrogen-bond donors (Lipinski definition) is 1. The van der Waals surface area contributed by atoms with Gasteiger partial charge in [-0.15, -0.1) is 10.2 Å². The lowest BCUT2D eigenvalue weighted by atomic mass is 10.0. The first kappa shape index (κ1) is 21.8. The molecule has 32 heavy (non-hydrogen) atoms. The number of benzene rings is 1. The van der Waals surface area contributed by atoms with Crippen molar-refractivity contribution >= 4 is 5.65 Å². The van der Waals surface area contributed by atoms with Crippen molar-refractivity contribution in [1.29, 1.82) is 0 Å². The summed E-state index contributed by atoms with van der Waals surface area (Å²) in [4.78, 5) is 0. The van der Waals surface area contributed by atoms with Crippen molar-refractivity contribution in [3.05, 3.63) is 65.6 Å². The van der Waals surface area contributed by atoms with Gasteiger partial charge < -0.3 is 9.84 Å². The van der Waals surface area contributed by atoms with E-state index in [4.69, 9.17) is 9.84 Å². The lowest BCUT2D eigenvalue weighted by molar-refractivity contribution is -0.141. The maximum absolute atomic E-state index is 14.3. The fraction of sp³-hybridized carbons (Fsp3) is 0.286. The molecular weight excluding hydrogens is 430 g/mol. The molecule has 0 aliphatic rings. The van der Waals surface area contributed by atoms with E-state index in [0.717, 1.165) is 4.68 Å². The van der Waals surface area contributed by atoms with Crippen LogP contribution in [0.1, 0.15) is 17.0 Å². The maximum Gasteiger partial charge on any atom is 0.435 e. The molecule has 3 aromatic heterocycles. The third kappa shape index (κ3) is 4.03. The second-order valence-electron chi connectivity index (χ2n) is 7.06. The SMILES string of the molecule is COc1cccc(F)c1CCc1ccc(-c2cn(CCO)nc2C(F)(F)F)c2nncn12. The van der Waals surface area contributed by atoms with Crippen LogP contribution in [0.15, 0.2) is 42.9 Å². The quantitative estimate of drug-likeness (QED) is 0.437. The van der Waals surface area contributed by atoms with Crippen LogP contribution >= 0.6 is 0 Å². The number of halogens is 4. The van der Waals surface area contributed by atoms with Gasteiger partial charge in [0.15, 0.2) is 11.3 Å². The number of aryl methyl sites for hydroxylation is 1. The minimum Gasteiger partial charge on any atom is -0.496 e. The zero-order chi connectivity index (χ0) is 22.9. The summed E-state index contributed by atoms with van der Waals surface area (Å²) in [5, 5.41) is 20.5. The Labute approximate surface area is 179 Å². The zero-order valence-corrected chi connectivity index (χ0v) is 17.0. The average Bonchev–Trinajstić information content (AvgIpc) is 3.40. The number of ether oxygens (including phenoxy) is 1. The van der Waals surface area contributed by atoms with Gasteiger partial charge in [-0.2, -0.15) is 18.3 Å². The molecule has 0 atom stereocenters. The lowest BCUT2D eigenvalue weighted by Crippen LogP contribution is -2.10. The van der Waals surface area contributed by atoms with Crippen molar-refractivity contribution < 1.29 is 27.4 Å². The molecule has 0 aliphatic heterocycles. The minimum absolute atomic E-state index is 0.0748. The first-order valence-electron chi connectivity index (χ1n) is 9.72. The second-order valence-corrected chi connectivity index (χ2v) is 7.06. The van der Waals surface area contributed by atoms with Crippen LogP contribution in [-0.2, 0) is 25.6 Å². The molecule has 0 amide bonds. The predicted molar refractivity (Wildman–Crippen MR) is 107 cm³/mol. The molecule has 3 heterocycles. The summed E-state index contributed by atoms with van der Waals surface area (Å²) in [7, 11) is 1.46. The number of fused-ring (bicyclic) bond motifs is 1. The van der Waals surface area contributed by atoms with Crippen LogP contribution in [0.2, 0.25) is 0 Å². The summed E-state index contributed by atoms with van der Waals surface area (Å²) < 4.78 is 62.8. The Kier molecular flexibility index (Phi) is 5.83. The topological polar surface area (TPSA) is 77.5 Å². The third-order valence-corrected chi connectivity index (χ3v) is 5.12. The number of aliphatic hydroxyl groups excluding tert-OH is 1. The molecule has 0 spiro atoms. The minimum atomic E-state index is -4.69. The van der Waals surface area contributed by atoms with Gasteiger partial charge in [-0.05, 0) is 37.1 Å². The van der Waals surface area contributed by atoms with Crippen LogP contribution in [0.5, 0.6) is 5.75 Å². The van der Waals surface area contributed by atoms with Crippen LogP contribution in [0.25, 0.3) is 16.8 Å². The predicted octanol–water partition coefficient (Wildman–Crippen LogP) is 3.54. The van der Waals surface area contributed by atoms with Crippen molar-refractivity contribution in [2.24, 2.45) is 0 Å². The van der Waals surface area contributed by atoms with Gasteiger partial charge in [0.25, 0.3) is 0 Å². The number of pyridine rings is 1. The van der Waals surface area contributed by atoms with E-state index in [1.807, 2.05) is 0 Å². The summed E-state index contributed by atoms with van der Waals surface area (Å²) >= 11 is 0. The van der Waals surface area contributed by atoms with Crippen molar-refractivity contribution in [2.75, 3.05) is 13.7 Å². The second kappa shape index (κ2) is 8.58. The number of aliphatic hydroxyl groups is 1. The Morgan fingerprint density at radius 3 is 2.62 bits per heavy atom. The van der Waals surface area contributed by atoms with Crippen molar-refractivity contribution in [3.63, 3.8) is 0 Å². The molecule has 0 fully saturated rings. The standard InChI is InChI=1S/C21H19F4N5O2/c1-32-18-4-2-3-17(22)15(18)8-6-13-5-7-14(20-27-26-12-30(13)20)16-11-29(9-10-31)28-19(16)21(23,24)25/h2-5,7,11-12,31H,6,8-10H2,1H3. The molecular formula is C21H19F4N5O2. The van der Waals surface area contributed by atoms with E-state index in [0.29, 0.717) is 29.8 Å². The van der Waals surface area contributed by atoms with Gasteiger partial charge in [0.2, 0.25) is 0 Å². The zero-order valence-electron chi connectivity index (χ0n) is 17.0. The number of rotatable bonds is 7. The summed E-state index contributed by atoms with van der Waals surface area (Å²) in [5.41, 5.74) is 0.287. The smallest absolute Gasteiger partial charge is 0.435 e. The van der Waals surface area contributed by atoms with Gasteiger partial charge in [-0.1, -0.05) is 6.07 Å². The lowest BCUT2D eigenvalue weighted by Gasteiger charge is -2.12. The Bertz CT molecular complexity index is 1250. The van der Waals surface area contributed by atoms with Crippen LogP contribution in [-0.4, -0.2) is 43.2 Å². The van der Waals surface area contributed by atoms with Crippen molar-refractivity contribution in [2.45, 2.75) is 25.6 Å². The summed E-state index contributed by atoms with van der Waals surface area (Å²) in [6.45, 7) is -0.425. The summed E-state index contributed by atoms with van der Waals surface area (Å²) in [5.74, 6) is 0.0276. The average molecular weight is 449 g/mol. The highest BCUT2D eigenvalue weighted by Gasteiger charge is 2.38. The van der Waals surface area contributed by atoms with Crippen LogP contribution in [0.4, 0.5) is 17.6 Å². The molecule has 0 unspecified atom stereocenters. The molecule has 0 saturated heterocycles. The molecule has 0 bridgehead atoms. The van der Waals surface area contributed by atoms with Gasteiger partial charge in [0.05, 0.1) is 20.3 Å². The van der Waals surface area contributed by atoms with E-state index in [-0.39, 0.29) is 29.9 Å². The Morgan fingerprint density at radius 1 is 1.09 bits per heavy atom. The molecule has 0 aliphatic carbocycles. The molecule has 4 aromatic rings. The van der Waals surface area contributed by atoms with E-state index in [1.54, 1.807) is 22.6 Å².